The van der Waals surface area contributed by atoms with Crippen LogP contribution in [0.25, 0.3) is 0 Å². The van der Waals surface area contributed by atoms with Crippen molar-refractivity contribution in [3.63, 3.8) is 0 Å². The van der Waals surface area contributed by atoms with Gasteiger partial charge in [-0.25, -0.2) is 24.2 Å². The molecule has 1 fully saturated rings. The maximum Gasteiger partial charge on any atom is 0.422 e. The molecule has 0 aliphatic carbocycles. The zero-order valence-corrected chi connectivity index (χ0v) is 19.1. The van der Waals surface area contributed by atoms with Gasteiger partial charge in [0.2, 0.25) is 0 Å². The molecule has 32 heavy (non-hydrogen) atoms. The van der Waals surface area contributed by atoms with Crippen LogP contribution in [-0.4, -0.2) is 48.8 Å². The number of carbonyl (C=O) groups is 2. The fourth-order valence-corrected chi connectivity index (χ4v) is 3.63. The number of aromatic amines is 1. The summed E-state index contributed by atoms with van der Waals surface area (Å²) in [6.07, 6.45) is -3.06. The number of esters is 1. The van der Waals surface area contributed by atoms with Crippen LogP contribution >= 0.6 is 22.6 Å². The highest BCUT2D eigenvalue weighted by molar-refractivity contribution is 14.1. The molecule has 2 heterocycles. The van der Waals surface area contributed by atoms with Crippen molar-refractivity contribution in [1.82, 2.24) is 14.3 Å². The van der Waals surface area contributed by atoms with E-state index in [1.165, 1.54) is 23.1 Å². The molecule has 0 bridgehead atoms. The van der Waals surface area contributed by atoms with Gasteiger partial charge in [-0.1, -0.05) is 18.2 Å². The summed E-state index contributed by atoms with van der Waals surface area (Å²) < 4.78 is 40.6. The minimum Gasteiger partial charge on any atom is -0.456 e. The molecule has 1 aliphatic heterocycles. The molecule has 0 spiro atoms. The maximum absolute atomic E-state index is 12.5. The molecule has 1 aromatic heterocycles. The fraction of sp³-hybridized carbons (Fsp3) is 0.294. The molecule has 4 N–H and O–H groups in total. The van der Waals surface area contributed by atoms with E-state index in [-0.39, 0.29) is 15.6 Å². The van der Waals surface area contributed by atoms with Crippen LogP contribution in [-0.2, 0) is 24.4 Å². The molecule has 1 amide bonds. The number of ether oxygens (including phenoxy) is 3. The second-order valence-electron chi connectivity index (χ2n) is 6.56. The Morgan fingerprint density at radius 1 is 1.28 bits per heavy atom. The van der Waals surface area contributed by atoms with E-state index in [9.17, 15) is 27.6 Å². The van der Waals surface area contributed by atoms with Gasteiger partial charge in [0.15, 0.2) is 0 Å². The predicted octanol–water partition coefficient (Wildman–Crippen LogP) is -0.416. The Hall–Kier alpha value is -2.76. The second-order valence-corrected chi connectivity index (χ2v) is 9.02. The van der Waals surface area contributed by atoms with Crippen molar-refractivity contribution in [2.45, 2.75) is 24.9 Å². The Morgan fingerprint density at radius 2 is 1.97 bits per heavy atom. The monoisotopic (exact) mass is 580 g/mol. The topological polar surface area (TPSA) is 189 Å². The quantitative estimate of drug-likeness (QED) is 0.301. The lowest BCUT2D eigenvalue weighted by atomic mass is 10.1. The minimum absolute atomic E-state index is 0.00849. The van der Waals surface area contributed by atoms with Crippen LogP contribution in [0.1, 0.15) is 23.0 Å². The van der Waals surface area contributed by atoms with Gasteiger partial charge in [0, 0.05) is 12.6 Å². The number of hydrogen-bond donors (Lipinski definition) is 3. The molecule has 1 saturated heterocycles. The average Bonchev–Trinajstić information content (AvgIpc) is 3.11. The molecule has 172 valence electrons. The number of aromatic nitrogens is 2. The molecule has 1 aliphatic rings. The zero-order chi connectivity index (χ0) is 23.5. The van der Waals surface area contributed by atoms with E-state index in [1.54, 1.807) is 40.8 Å². The molecule has 3 rings (SSSR count). The van der Waals surface area contributed by atoms with E-state index < -0.39 is 58.6 Å². The van der Waals surface area contributed by atoms with Gasteiger partial charge in [0.1, 0.15) is 25.0 Å². The van der Waals surface area contributed by atoms with Crippen molar-refractivity contribution in [1.29, 1.82) is 0 Å². The highest BCUT2D eigenvalue weighted by Crippen LogP contribution is 2.31. The van der Waals surface area contributed by atoms with Crippen LogP contribution in [0.2, 0.25) is 0 Å². The number of nitrogens with zero attached hydrogens (tertiary/aromatic N) is 1. The van der Waals surface area contributed by atoms with Gasteiger partial charge >= 0.3 is 28.0 Å². The number of nitrogens with two attached hydrogens (primary N) is 1. The molecular weight excluding hydrogens is 563 g/mol. The summed E-state index contributed by atoms with van der Waals surface area (Å²) in [4.78, 5) is 50.0. The third-order valence-electron chi connectivity index (χ3n) is 4.29. The van der Waals surface area contributed by atoms with Gasteiger partial charge in [-0.3, -0.25) is 14.3 Å². The standard InChI is InChI=1S/C17H17IN4O9S/c18-10-7-22(16(25)20-14(10)23)13-6-11(31-15(24)9-4-2-1-3-5-9)12(30-13)8-29-17(26)21-32(19,27)28/h1-5,7,11-13H,6,8H2,(H,21,26)(H2,19,27,28)(H,20,23,25)/t11-,12+,13+/m0/s1. The van der Waals surface area contributed by atoms with Crippen LogP contribution < -0.4 is 21.1 Å². The van der Waals surface area contributed by atoms with Gasteiger partial charge < -0.3 is 14.2 Å². The van der Waals surface area contributed by atoms with E-state index in [2.05, 4.69) is 4.98 Å². The van der Waals surface area contributed by atoms with Crippen LogP contribution in [0.4, 0.5) is 4.79 Å². The average molecular weight is 580 g/mol. The SMILES string of the molecule is NS(=O)(=O)NC(=O)OC[C@H]1O[C@@H](n2cc(I)c(=O)[nH]c2=O)C[C@@H]1OC(=O)c1ccccc1. The largest absolute Gasteiger partial charge is 0.456 e. The van der Waals surface area contributed by atoms with E-state index in [4.69, 9.17) is 19.3 Å². The summed E-state index contributed by atoms with van der Waals surface area (Å²) in [6.45, 7) is -0.514. The highest BCUT2D eigenvalue weighted by atomic mass is 127. The summed E-state index contributed by atoms with van der Waals surface area (Å²) in [5.41, 5.74) is -1.06. The Morgan fingerprint density at radius 3 is 2.62 bits per heavy atom. The molecule has 15 heteroatoms. The van der Waals surface area contributed by atoms with Gasteiger partial charge in [-0.15, -0.1) is 0 Å². The Balaban J connectivity index is 1.79. The van der Waals surface area contributed by atoms with E-state index in [0.717, 1.165) is 4.57 Å². The molecule has 1 aromatic carbocycles. The van der Waals surface area contributed by atoms with Crippen LogP contribution in [0.15, 0.2) is 46.1 Å². The smallest absolute Gasteiger partial charge is 0.422 e. The fourth-order valence-electron chi connectivity index (χ4n) is 2.90. The first-order chi connectivity index (χ1) is 15.0. The van der Waals surface area contributed by atoms with Crippen LogP contribution in [0, 0.1) is 3.57 Å². The van der Waals surface area contributed by atoms with E-state index in [1.807, 2.05) is 0 Å². The lowest BCUT2D eigenvalue weighted by Gasteiger charge is -2.19. The highest BCUT2D eigenvalue weighted by Gasteiger charge is 2.40. The summed E-state index contributed by atoms with van der Waals surface area (Å²) in [6, 6.07) is 8.08. The molecule has 2 aromatic rings. The number of carbonyl (C=O) groups excluding carboxylic acids is 2. The number of hydrogen-bond acceptors (Lipinski definition) is 9. The molecular formula is C17H17IN4O9S. The summed E-state index contributed by atoms with van der Waals surface area (Å²) in [7, 11) is -4.34. The lowest BCUT2D eigenvalue weighted by Crippen LogP contribution is -2.39. The van der Waals surface area contributed by atoms with Crippen LogP contribution in [0.3, 0.4) is 0 Å². The van der Waals surface area contributed by atoms with Gasteiger partial charge in [-0.2, -0.15) is 8.42 Å². The lowest BCUT2D eigenvalue weighted by molar-refractivity contribution is -0.0542. The number of H-pyrrole nitrogens is 1. The summed E-state index contributed by atoms with van der Waals surface area (Å²) in [5.74, 6) is -0.678. The van der Waals surface area contributed by atoms with E-state index >= 15 is 0 Å². The van der Waals surface area contributed by atoms with Crippen molar-refractivity contribution >= 4 is 44.9 Å². The molecule has 0 radical (unpaired) electrons. The first-order valence-corrected chi connectivity index (χ1v) is 11.6. The molecule has 0 unspecified atom stereocenters. The minimum atomic E-state index is -4.34. The second kappa shape index (κ2) is 9.80. The summed E-state index contributed by atoms with van der Waals surface area (Å²) in [5, 5.41) is 4.71. The zero-order valence-electron chi connectivity index (χ0n) is 16.1. The van der Waals surface area contributed by atoms with E-state index in [0.29, 0.717) is 0 Å². The number of nitrogens with one attached hydrogen (secondary N) is 2. The first-order valence-electron chi connectivity index (χ1n) is 8.93. The predicted molar refractivity (Wildman–Crippen MR) is 116 cm³/mol. The number of benzene rings is 1. The number of amides is 1. The van der Waals surface area contributed by atoms with Crippen molar-refractivity contribution < 1.29 is 32.2 Å². The first kappa shape index (κ1) is 23.9. The number of halogens is 1. The van der Waals surface area contributed by atoms with Crippen molar-refractivity contribution in [2.75, 3.05) is 6.61 Å². The van der Waals surface area contributed by atoms with Gasteiger partial charge in [-0.05, 0) is 34.7 Å². The van der Waals surface area contributed by atoms with Crippen LogP contribution in [0.5, 0.6) is 0 Å². The van der Waals surface area contributed by atoms with Gasteiger partial charge in [0.25, 0.3) is 5.56 Å². The third-order valence-corrected chi connectivity index (χ3v) is 5.51. The van der Waals surface area contributed by atoms with Crippen molar-refractivity contribution in [3.8, 4) is 0 Å². The van der Waals surface area contributed by atoms with Crippen molar-refractivity contribution in [3.05, 3.63) is 66.5 Å². The number of rotatable bonds is 6. The van der Waals surface area contributed by atoms with Crippen molar-refractivity contribution in [2.24, 2.45) is 5.14 Å². The Bertz CT molecular complexity index is 1230. The molecule has 13 nitrogen and oxygen atoms in total. The third kappa shape index (κ3) is 6.15. The Labute approximate surface area is 194 Å². The summed E-state index contributed by atoms with van der Waals surface area (Å²) >= 11 is 1.74. The molecule has 3 atom stereocenters. The maximum atomic E-state index is 12.5. The van der Waals surface area contributed by atoms with Gasteiger partial charge in [0.05, 0.1) is 9.13 Å². The molecule has 0 saturated carbocycles. The Kier molecular flexibility index (Phi) is 7.32. The normalized spacial score (nSPS) is 20.5.